The molecule has 2 rings (SSSR count). The number of pyridine rings is 1. The normalized spacial score (nSPS) is 12.1. The van der Waals surface area contributed by atoms with Crippen LogP contribution in [0.2, 0.25) is 0 Å². The van der Waals surface area contributed by atoms with Crippen LogP contribution in [0.15, 0.2) is 40.3 Å². The van der Waals surface area contributed by atoms with E-state index in [4.69, 9.17) is 0 Å². The monoisotopic (exact) mass is 310 g/mol. The number of nitrogens with zero attached hydrogens (tertiary/aromatic N) is 1. The van der Waals surface area contributed by atoms with E-state index >= 15 is 0 Å². The first kappa shape index (κ1) is 12.3. The van der Waals surface area contributed by atoms with E-state index in [9.17, 15) is 4.79 Å². The summed E-state index contributed by atoms with van der Waals surface area (Å²) in [6.45, 7) is 1.96. The third kappa shape index (κ3) is 2.92. The van der Waals surface area contributed by atoms with Crippen LogP contribution in [0.25, 0.3) is 0 Å². The van der Waals surface area contributed by atoms with Gasteiger partial charge in [0, 0.05) is 15.5 Å². The van der Waals surface area contributed by atoms with Crippen LogP contribution in [-0.2, 0) is 0 Å². The van der Waals surface area contributed by atoms with Crippen molar-refractivity contribution in [3.05, 3.63) is 50.9 Å². The summed E-state index contributed by atoms with van der Waals surface area (Å²) in [6, 6.07) is 7.56. The Morgan fingerprint density at radius 3 is 2.94 bits per heavy atom. The zero-order valence-corrected chi connectivity index (χ0v) is 11.6. The maximum absolute atomic E-state index is 12.0. The van der Waals surface area contributed by atoms with Crippen molar-refractivity contribution in [1.82, 2.24) is 10.3 Å². The molecular formula is C12H11BrN2OS. The Morgan fingerprint density at radius 1 is 1.47 bits per heavy atom. The molecule has 17 heavy (non-hydrogen) atoms. The second-order valence-corrected chi connectivity index (χ2v) is 5.38. The van der Waals surface area contributed by atoms with Gasteiger partial charge < -0.3 is 5.32 Å². The molecule has 0 fully saturated rings. The number of aromatic nitrogens is 1. The van der Waals surface area contributed by atoms with Gasteiger partial charge in [-0.1, -0.05) is 6.07 Å². The predicted octanol–water partition coefficient (Wildman–Crippen LogP) is 3.40. The summed E-state index contributed by atoms with van der Waals surface area (Å²) in [5.41, 5.74) is 0.413. The fraction of sp³-hybridized carbons (Fsp3) is 0.167. The highest BCUT2D eigenvalue weighted by molar-refractivity contribution is 9.10. The first-order chi connectivity index (χ1) is 8.18. The van der Waals surface area contributed by atoms with Crippen LogP contribution < -0.4 is 5.32 Å². The average molecular weight is 311 g/mol. The summed E-state index contributed by atoms with van der Waals surface area (Å²) in [5.74, 6) is -0.168. The van der Waals surface area contributed by atoms with Crippen LogP contribution in [0, 0.1) is 0 Å². The van der Waals surface area contributed by atoms with Gasteiger partial charge in [-0.05, 0) is 46.4 Å². The third-order valence-corrected chi connectivity index (χ3v) is 3.99. The van der Waals surface area contributed by atoms with Crippen LogP contribution in [0.1, 0.15) is 28.3 Å². The second-order valence-electron chi connectivity index (χ2n) is 3.54. The Balaban J connectivity index is 2.10. The molecule has 2 heterocycles. The summed E-state index contributed by atoms with van der Waals surface area (Å²) in [5, 5.41) is 4.91. The molecule has 0 bridgehead atoms. The van der Waals surface area contributed by atoms with E-state index in [1.807, 2.05) is 24.4 Å². The summed E-state index contributed by atoms with van der Waals surface area (Å²) in [7, 11) is 0. The van der Waals surface area contributed by atoms with Crippen LogP contribution >= 0.6 is 27.3 Å². The number of rotatable bonds is 3. The van der Waals surface area contributed by atoms with Gasteiger partial charge in [-0.15, -0.1) is 11.3 Å². The van der Waals surface area contributed by atoms with Gasteiger partial charge in [0.15, 0.2) is 0 Å². The summed E-state index contributed by atoms with van der Waals surface area (Å²) in [6.07, 6.45) is 1.61. The number of carbonyl (C=O) groups excluding carboxylic acids is 1. The summed E-state index contributed by atoms with van der Waals surface area (Å²) >= 11 is 4.94. The fourth-order valence-electron chi connectivity index (χ4n) is 1.43. The molecule has 5 heteroatoms. The van der Waals surface area contributed by atoms with E-state index in [2.05, 4.69) is 26.2 Å². The highest BCUT2D eigenvalue weighted by Gasteiger charge is 2.15. The number of thiophene rings is 1. The van der Waals surface area contributed by atoms with E-state index in [-0.39, 0.29) is 11.9 Å². The topological polar surface area (TPSA) is 42.0 Å². The smallest absolute Gasteiger partial charge is 0.271 e. The molecular weight excluding hydrogens is 300 g/mol. The molecule has 1 N–H and O–H groups in total. The lowest BCUT2D eigenvalue weighted by Gasteiger charge is -2.12. The quantitative estimate of drug-likeness (QED) is 0.944. The Labute approximate surface area is 112 Å². The van der Waals surface area contributed by atoms with Crippen LogP contribution in [0.5, 0.6) is 0 Å². The average Bonchev–Trinajstić information content (AvgIpc) is 2.82. The molecule has 0 aliphatic carbocycles. The number of hydrogen-bond donors (Lipinski definition) is 1. The predicted molar refractivity (Wildman–Crippen MR) is 72.1 cm³/mol. The van der Waals surface area contributed by atoms with Crippen molar-refractivity contribution in [2.45, 2.75) is 13.0 Å². The molecule has 2 aromatic rings. The summed E-state index contributed by atoms with van der Waals surface area (Å²) in [4.78, 5) is 17.2. The van der Waals surface area contributed by atoms with Crippen molar-refractivity contribution >= 4 is 33.2 Å². The molecule has 0 saturated heterocycles. The lowest BCUT2D eigenvalue weighted by atomic mass is 10.2. The van der Waals surface area contributed by atoms with Gasteiger partial charge in [0.1, 0.15) is 5.69 Å². The fourth-order valence-corrected chi connectivity index (χ4v) is 2.60. The molecule has 0 aliphatic heterocycles. The first-order valence-corrected chi connectivity index (χ1v) is 6.80. The number of nitrogens with one attached hydrogen (secondary N) is 1. The van der Waals surface area contributed by atoms with Gasteiger partial charge in [0.05, 0.1) is 6.04 Å². The van der Waals surface area contributed by atoms with Crippen molar-refractivity contribution in [3.8, 4) is 0 Å². The van der Waals surface area contributed by atoms with E-state index in [1.165, 1.54) is 0 Å². The van der Waals surface area contributed by atoms with E-state index < -0.39 is 0 Å². The number of carbonyl (C=O) groups is 1. The van der Waals surface area contributed by atoms with Gasteiger partial charge in [0.25, 0.3) is 5.91 Å². The molecule has 0 saturated carbocycles. The second kappa shape index (κ2) is 5.42. The first-order valence-electron chi connectivity index (χ1n) is 5.13. The zero-order valence-electron chi connectivity index (χ0n) is 9.18. The van der Waals surface area contributed by atoms with E-state index in [0.29, 0.717) is 10.2 Å². The van der Waals surface area contributed by atoms with Crippen molar-refractivity contribution in [2.24, 2.45) is 0 Å². The van der Waals surface area contributed by atoms with Gasteiger partial charge in [-0.25, -0.2) is 4.98 Å². The molecule has 1 amide bonds. The zero-order chi connectivity index (χ0) is 12.3. The third-order valence-electron chi connectivity index (χ3n) is 2.29. The molecule has 0 radical (unpaired) electrons. The molecule has 0 spiro atoms. The maximum Gasteiger partial charge on any atom is 0.271 e. The minimum Gasteiger partial charge on any atom is -0.343 e. The lowest BCUT2D eigenvalue weighted by molar-refractivity contribution is 0.0934. The Bertz CT molecular complexity index is 513. The van der Waals surface area contributed by atoms with Crippen molar-refractivity contribution in [1.29, 1.82) is 0 Å². The van der Waals surface area contributed by atoms with Gasteiger partial charge in [-0.2, -0.15) is 0 Å². The van der Waals surface area contributed by atoms with Gasteiger partial charge in [0.2, 0.25) is 0 Å². The van der Waals surface area contributed by atoms with Crippen molar-refractivity contribution < 1.29 is 4.79 Å². The molecule has 1 unspecified atom stereocenters. The number of hydrogen-bond acceptors (Lipinski definition) is 3. The summed E-state index contributed by atoms with van der Waals surface area (Å²) < 4.78 is 0.705. The highest BCUT2D eigenvalue weighted by Crippen LogP contribution is 2.19. The largest absolute Gasteiger partial charge is 0.343 e. The standard InChI is InChI=1S/C12H11BrN2OS/c1-8(10-5-3-7-17-10)15-12(16)11-9(13)4-2-6-14-11/h2-8H,1H3,(H,15,16). The molecule has 1 atom stereocenters. The van der Waals surface area contributed by atoms with Gasteiger partial charge in [-0.3, -0.25) is 4.79 Å². The Morgan fingerprint density at radius 2 is 2.29 bits per heavy atom. The number of halogens is 1. The van der Waals surface area contributed by atoms with Crippen molar-refractivity contribution in [3.63, 3.8) is 0 Å². The van der Waals surface area contributed by atoms with Crippen LogP contribution in [0.3, 0.4) is 0 Å². The minimum absolute atomic E-state index is 0.00333. The molecule has 88 valence electrons. The SMILES string of the molecule is CC(NC(=O)c1ncccc1Br)c1cccs1. The Kier molecular flexibility index (Phi) is 3.91. The van der Waals surface area contributed by atoms with Crippen LogP contribution in [-0.4, -0.2) is 10.9 Å². The lowest BCUT2D eigenvalue weighted by Crippen LogP contribution is -2.27. The molecule has 0 aromatic carbocycles. The highest BCUT2D eigenvalue weighted by atomic mass is 79.9. The maximum atomic E-state index is 12.0. The van der Waals surface area contributed by atoms with E-state index in [0.717, 1.165) is 4.88 Å². The molecule has 3 nitrogen and oxygen atoms in total. The minimum atomic E-state index is -0.168. The van der Waals surface area contributed by atoms with Crippen LogP contribution in [0.4, 0.5) is 0 Å². The Hall–Kier alpha value is -1.20. The number of amides is 1. The van der Waals surface area contributed by atoms with Crippen molar-refractivity contribution in [2.75, 3.05) is 0 Å². The molecule has 2 aromatic heterocycles. The van der Waals surface area contributed by atoms with E-state index in [1.54, 1.807) is 29.7 Å². The molecule has 0 aliphatic rings. The van der Waals surface area contributed by atoms with Gasteiger partial charge >= 0.3 is 0 Å².